The van der Waals surface area contributed by atoms with Crippen molar-refractivity contribution in [1.29, 1.82) is 0 Å². The van der Waals surface area contributed by atoms with Gasteiger partial charge in [0.25, 0.3) is 0 Å². The number of likely N-dealkylation sites (tertiary alicyclic amines) is 1. The molecule has 0 spiro atoms. The fourth-order valence-corrected chi connectivity index (χ4v) is 12.3. The van der Waals surface area contributed by atoms with Crippen molar-refractivity contribution in [3.63, 3.8) is 0 Å². The Balaban J connectivity index is 1.85. The molecule has 0 aromatic heterocycles. The first kappa shape index (κ1) is 18.9. The number of hydrogen-bond acceptors (Lipinski definition) is 2. The van der Waals surface area contributed by atoms with E-state index in [4.69, 9.17) is 0 Å². The van der Waals surface area contributed by atoms with Crippen LogP contribution < -0.4 is 0 Å². The molecule has 0 amide bonds. The van der Waals surface area contributed by atoms with Gasteiger partial charge in [-0.2, -0.15) is 0 Å². The van der Waals surface area contributed by atoms with E-state index in [1.54, 1.807) is 0 Å². The van der Waals surface area contributed by atoms with Crippen LogP contribution in [0.4, 0.5) is 0 Å². The van der Waals surface area contributed by atoms with Crippen molar-refractivity contribution >= 4 is 8.24 Å². The zero-order valence-corrected chi connectivity index (χ0v) is 18.3. The first-order valence-corrected chi connectivity index (χ1v) is 13.8. The van der Waals surface area contributed by atoms with Crippen molar-refractivity contribution in [3.8, 4) is 0 Å². The molecular weight excluding hydrogens is 308 g/mol. The molecule has 4 atom stereocenters. The van der Waals surface area contributed by atoms with Gasteiger partial charge in [-0.25, -0.2) is 0 Å². The van der Waals surface area contributed by atoms with Crippen LogP contribution in [-0.4, -0.2) is 48.9 Å². The molecule has 140 valence electrons. The first-order valence-electron chi connectivity index (χ1n) is 10.8. The van der Waals surface area contributed by atoms with Gasteiger partial charge in [0.05, 0.1) is 0 Å². The van der Waals surface area contributed by atoms with E-state index in [2.05, 4.69) is 50.3 Å². The van der Waals surface area contributed by atoms with E-state index in [0.29, 0.717) is 5.54 Å². The molecule has 24 heavy (non-hydrogen) atoms. The Hall–Kier alpha value is 0.137. The molecule has 3 heteroatoms. The highest BCUT2D eigenvalue weighted by atomic mass is 28.3. The van der Waals surface area contributed by atoms with Crippen LogP contribution >= 0.6 is 0 Å². The normalized spacial score (nSPS) is 35.6. The number of fused-ring (bicyclic) bond motifs is 1. The molecule has 0 radical (unpaired) electrons. The van der Waals surface area contributed by atoms with Crippen LogP contribution in [0.15, 0.2) is 0 Å². The average molecular weight is 351 g/mol. The SMILES string of the molecule is CCN(C(C)(C)C)[Si](C)(C)C1CC(N2CCCC2)C2CCCCC21. The molecule has 1 heterocycles. The number of hydrogen-bond donors (Lipinski definition) is 0. The lowest BCUT2D eigenvalue weighted by molar-refractivity contribution is 0.147. The summed E-state index contributed by atoms with van der Waals surface area (Å²) in [5.41, 5.74) is 1.33. The predicted molar refractivity (Wildman–Crippen MR) is 108 cm³/mol. The lowest BCUT2D eigenvalue weighted by atomic mass is 9.80. The molecule has 0 N–H and O–H groups in total. The molecule has 3 aliphatic rings. The molecule has 4 unspecified atom stereocenters. The van der Waals surface area contributed by atoms with Gasteiger partial charge >= 0.3 is 0 Å². The predicted octanol–water partition coefficient (Wildman–Crippen LogP) is 5.36. The van der Waals surface area contributed by atoms with E-state index in [9.17, 15) is 0 Å². The fourth-order valence-electron chi connectivity index (χ4n) is 7.03. The lowest BCUT2D eigenvalue weighted by Crippen LogP contribution is -2.60. The first-order chi connectivity index (χ1) is 11.3. The molecule has 1 aliphatic heterocycles. The van der Waals surface area contributed by atoms with Crippen LogP contribution in [0, 0.1) is 11.8 Å². The minimum atomic E-state index is -1.43. The Kier molecular flexibility index (Phi) is 5.55. The van der Waals surface area contributed by atoms with E-state index in [0.717, 1.165) is 23.4 Å². The van der Waals surface area contributed by atoms with Gasteiger partial charge in [0.15, 0.2) is 0 Å². The molecule has 0 aromatic carbocycles. The summed E-state index contributed by atoms with van der Waals surface area (Å²) in [5, 5.41) is 0. The van der Waals surface area contributed by atoms with Gasteiger partial charge < -0.3 is 9.47 Å². The van der Waals surface area contributed by atoms with E-state index in [1.165, 1.54) is 64.6 Å². The molecule has 3 fully saturated rings. The van der Waals surface area contributed by atoms with Crippen molar-refractivity contribution < 1.29 is 0 Å². The van der Waals surface area contributed by atoms with Crippen LogP contribution in [0.3, 0.4) is 0 Å². The molecule has 0 bridgehead atoms. The molecule has 2 nitrogen and oxygen atoms in total. The molecule has 2 aliphatic carbocycles. The standard InChI is InChI=1S/C21H42N2Si/c1-7-23(21(2,3)4)24(5,6)20-16-19(22-14-10-11-15-22)17-12-8-9-13-18(17)20/h17-20H,7-16H2,1-6H3. The molecule has 2 saturated carbocycles. The number of nitrogens with zero attached hydrogens (tertiary/aromatic N) is 2. The maximum absolute atomic E-state index is 2.93. The second-order valence-electron chi connectivity index (χ2n) is 10.3. The van der Waals surface area contributed by atoms with Crippen LogP contribution in [0.5, 0.6) is 0 Å². The second kappa shape index (κ2) is 7.04. The highest BCUT2D eigenvalue weighted by Gasteiger charge is 2.54. The van der Waals surface area contributed by atoms with Gasteiger partial charge in [-0.15, -0.1) is 0 Å². The second-order valence-corrected chi connectivity index (χ2v) is 14.9. The van der Waals surface area contributed by atoms with E-state index >= 15 is 0 Å². The Morgan fingerprint density at radius 2 is 1.54 bits per heavy atom. The Morgan fingerprint density at radius 3 is 2.08 bits per heavy atom. The quantitative estimate of drug-likeness (QED) is 0.630. The Labute approximate surface area is 152 Å². The van der Waals surface area contributed by atoms with E-state index < -0.39 is 8.24 Å². The Morgan fingerprint density at radius 1 is 0.958 bits per heavy atom. The summed E-state index contributed by atoms with van der Waals surface area (Å²) < 4.78 is 2.93. The van der Waals surface area contributed by atoms with Gasteiger partial charge in [-0.05, 0) is 83.5 Å². The highest BCUT2D eigenvalue weighted by Crippen LogP contribution is 2.55. The van der Waals surface area contributed by atoms with Crippen LogP contribution in [0.25, 0.3) is 0 Å². The average Bonchev–Trinajstić information content (AvgIpc) is 3.13. The fraction of sp³-hybridized carbons (Fsp3) is 1.00. The third-order valence-electron chi connectivity index (χ3n) is 7.72. The highest BCUT2D eigenvalue weighted by molar-refractivity contribution is 6.76. The van der Waals surface area contributed by atoms with Crippen molar-refractivity contribution in [2.75, 3.05) is 19.6 Å². The minimum Gasteiger partial charge on any atom is -0.319 e. The van der Waals surface area contributed by atoms with Crippen molar-refractivity contribution in [2.45, 2.75) is 103 Å². The van der Waals surface area contributed by atoms with Crippen LogP contribution in [0.2, 0.25) is 18.6 Å². The molecule has 1 saturated heterocycles. The van der Waals surface area contributed by atoms with Gasteiger partial charge in [0.1, 0.15) is 8.24 Å². The van der Waals surface area contributed by atoms with E-state index in [1.807, 2.05) is 0 Å². The summed E-state index contributed by atoms with van der Waals surface area (Å²) in [7, 11) is -1.43. The summed E-state index contributed by atoms with van der Waals surface area (Å²) in [4.78, 5) is 2.90. The van der Waals surface area contributed by atoms with Crippen molar-refractivity contribution in [2.24, 2.45) is 11.8 Å². The zero-order valence-electron chi connectivity index (χ0n) is 17.3. The maximum Gasteiger partial charge on any atom is 0.126 e. The smallest absolute Gasteiger partial charge is 0.126 e. The van der Waals surface area contributed by atoms with Crippen LogP contribution in [0.1, 0.15) is 72.6 Å². The maximum atomic E-state index is 2.93. The molecule has 3 rings (SSSR count). The Bertz CT molecular complexity index is 422. The van der Waals surface area contributed by atoms with Crippen molar-refractivity contribution in [3.05, 3.63) is 0 Å². The van der Waals surface area contributed by atoms with Gasteiger partial charge in [0.2, 0.25) is 0 Å². The van der Waals surface area contributed by atoms with Crippen molar-refractivity contribution in [1.82, 2.24) is 9.47 Å². The molecular formula is C21H42N2Si. The minimum absolute atomic E-state index is 0.320. The van der Waals surface area contributed by atoms with E-state index in [-0.39, 0.29) is 0 Å². The third-order valence-corrected chi connectivity index (χ3v) is 12.6. The number of rotatable bonds is 4. The third kappa shape index (κ3) is 3.37. The monoisotopic (exact) mass is 350 g/mol. The van der Waals surface area contributed by atoms with Crippen LogP contribution in [-0.2, 0) is 0 Å². The summed E-state index contributed by atoms with van der Waals surface area (Å²) in [6, 6.07) is 0.924. The summed E-state index contributed by atoms with van der Waals surface area (Å²) in [6.07, 6.45) is 10.5. The van der Waals surface area contributed by atoms with Gasteiger partial charge in [-0.3, -0.25) is 0 Å². The summed E-state index contributed by atoms with van der Waals surface area (Å²) in [5.74, 6) is 2.05. The van der Waals surface area contributed by atoms with Gasteiger partial charge in [-0.1, -0.05) is 39.3 Å². The summed E-state index contributed by atoms with van der Waals surface area (Å²) in [6.45, 7) is 19.1. The zero-order chi connectivity index (χ0) is 17.5. The summed E-state index contributed by atoms with van der Waals surface area (Å²) >= 11 is 0. The topological polar surface area (TPSA) is 6.48 Å². The largest absolute Gasteiger partial charge is 0.319 e. The van der Waals surface area contributed by atoms with Gasteiger partial charge in [0, 0.05) is 11.6 Å². The molecule has 0 aromatic rings. The lowest BCUT2D eigenvalue weighted by Gasteiger charge is -2.50.